The number of aryl methyl sites for hydroxylation is 1. The van der Waals surface area contributed by atoms with Gasteiger partial charge in [-0.15, -0.1) is 0 Å². The van der Waals surface area contributed by atoms with E-state index in [1.807, 2.05) is 45.0 Å². The molecule has 3 rings (SSSR count). The smallest absolute Gasteiger partial charge is 0.420 e. The SMILES string of the molecule is Cc1cc(OC(=O)N(Cc2ccc(Br)cc2)c2ccccc2C(=O)O)c(C(C)C)cc1Cl. The van der Waals surface area contributed by atoms with E-state index in [1.165, 1.54) is 11.0 Å². The molecule has 0 heterocycles. The van der Waals surface area contributed by atoms with E-state index in [0.717, 1.165) is 21.2 Å². The first kappa shape index (κ1) is 23.8. The summed E-state index contributed by atoms with van der Waals surface area (Å²) in [4.78, 5) is 26.6. The van der Waals surface area contributed by atoms with Gasteiger partial charge >= 0.3 is 12.1 Å². The number of nitrogens with zero attached hydrogens (tertiary/aromatic N) is 1. The third-order valence-electron chi connectivity index (χ3n) is 5.01. The lowest BCUT2D eigenvalue weighted by Gasteiger charge is -2.25. The van der Waals surface area contributed by atoms with Crippen molar-refractivity contribution in [1.29, 1.82) is 0 Å². The van der Waals surface area contributed by atoms with E-state index < -0.39 is 12.1 Å². The van der Waals surface area contributed by atoms with Crippen molar-refractivity contribution < 1.29 is 19.4 Å². The van der Waals surface area contributed by atoms with Gasteiger partial charge in [0.1, 0.15) is 5.75 Å². The highest BCUT2D eigenvalue weighted by Gasteiger charge is 2.25. The third kappa shape index (κ3) is 5.50. The summed E-state index contributed by atoms with van der Waals surface area (Å²) in [6.45, 7) is 5.94. The Kier molecular flexibility index (Phi) is 7.59. The van der Waals surface area contributed by atoms with Crippen LogP contribution in [0.15, 0.2) is 65.1 Å². The molecular weight excluding hydrogens is 494 g/mol. The Labute approximate surface area is 200 Å². The Hall–Kier alpha value is -2.83. The Balaban J connectivity index is 2.04. The van der Waals surface area contributed by atoms with E-state index in [2.05, 4.69) is 15.9 Å². The van der Waals surface area contributed by atoms with Gasteiger partial charge in [-0.25, -0.2) is 9.59 Å². The molecule has 3 aromatic rings. The lowest BCUT2D eigenvalue weighted by molar-refractivity contribution is 0.0697. The molecule has 3 aromatic carbocycles. The number of carboxylic acid groups (broad SMARTS) is 1. The van der Waals surface area contributed by atoms with Crippen molar-refractivity contribution >= 4 is 45.3 Å². The predicted molar refractivity (Wildman–Crippen MR) is 130 cm³/mol. The normalized spacial score (nSPS) is 10.8. The van der Waals surface area contributed by atoms with Crippen molar-refractivity contribution in [3.63, 3.8) is 0 Å². The van der Waals surface area contributed by atoms with Gasteiger partial charge in [0.2, 0.25) is 0 Å². The molecular formula is C25H23BrClNO4. The first-order valence-electron chi connectivity index (χ1n) is 10.0. The Morgan fingerprint density at radius 2 is 1.75 bits per heavy atom. The maximum absolute atomic E-state index is 13.4. The number of aromatic carboxylic acids is 1. The number of halogens is 2. The summed E-state index contributed by atoms with van der Waals surface area (Å²) in [5.74, 6) is -0.651. The Morgan fingerprint density at radius 1 is 1.09 bits per heavy atom. The second-order valence-corrected chi connectivity index (χ2v) is 9.02. The summed E-state index contributed by atoms with van der Waals surface area (Å²) >= 11 is 9.68. The average molecular weight is 517 g/mol. The van der Waals surface area contributed by atoms with Gasteiger partial charge in [-0.2, -0.15) is 0 Å². The number of hydrogen-bond acceptors (Lipinski definition) is 3. The minimum atomic E-state index is -1.13. The van der Waals surface area contributed by atoms with Gasteiger partial charge in [0.05, 0.1) is 17.8 Å². The molecule has 0 aromatic heterocycles. The molecule has 166 valence electrons. The van der Waals surface area contributed by atoms with Crippen LogP contribution in [0.3, 0.4) is 0 Å². The van der Waals surface area contributed by atoms with Gasteiger partial charge in [-0.1, -0.05) is 65.6 Å². The number of anilines is 1. The van der Waals surface area contributed by atoms with Crippen LogP contribution in [0, 0.1) is 6.92 Å². The van der Waals surface area contributed by atoms with Crippen LogP contribution in [0.25, 0.3) is 0 Å². The van der Waals surface area contributed by atoms with Crippen LogP contribution in [0.2, 0.25) is 5.02 Å². The molecule has 32 heavy (non-hydrogen) atoms. The van der Waals surface area contributed by atoms with Crippen LogP contribution >= 0.6 is 27.5 Å². The van der Waals surface area contributed by atoms with Crippen LogP contribution in [0.4, 0.5) is 10.5 Å². The van der Waals surface area contributed by atoms with Crippen molar-refractivity contribution in [3.05, 3.63) is 92.4 Å². The van der Waals surface area contributed by atoms with Gasteiger partial charge < -0.3 is 9.84 Å². The summed E-state index contributed by atoms with van der Waals surface area (Å²) in [7, 11) is 0. The molecule has 5 nitrogen and oxygen atoms in total. The molecule has 0 bridgehead atoms. The molecule has 0 fully saturated rings. The van der Waals surface area contributed by atoms with Gasteiger partial charge in [0, 0.05) is 9.50 Å². The van der Waals surface area contributed by atoms with E-state index in [4.69, 9.17) is 16.3 Å². The van der Waals surface area contributed by atoms with Gasteiger partial charge in [0.25, 0.3) is 0 Å². The number of carbonyl (C=O) groups excluding carboxylic acids is 1. The number of rotatable bonds is 6. The molecule has 1 amide bonds. The zero-order valence-corrected chi connectivity index (χ0v) is 20.3. The van der Waals surface area contributed by atoms with Crippen molar-refractivity contribution in [1.82, 2.24) is 0 Å². The molecule has 1 N–H and O–H groups in total. The van der Waals surface area contributed by atoms with E-state index in [-0.39, 0.29) is 23.7 Å². The average Bonchev–Trinajstić information content (AvgIpc) is 2.75. The quantitative estimate of drug-likeness (QED) is 0.370. The zero-order chi connectivity index (χ0) is 23.4. The molecule has 0 aliphatic heterocycles. The fourth-order valence-electron chi connectivity index (χ4n) is 3.27. The van der Waals surface area contributed by atoms with E-state index in [9.17, 15) is 14.7 Å². The summed E-state index contributed by atoms with van der Waals surface area (Å²) in [6.07, 6.45) is -0.676. The first-order valence-corrected chi connectivity index (χ1v) is 11.2. The maximum atomic E-state index is 13.4. The van der Waals surface area contributed by atoms with E-state index in [1.54, 1.807) is 30.3 Å². The second-order valence-electron chi connectivity index (χ2n) is 7.70. The second kappa shape index (κ2) is 10.2. The molecule has 7 heteroatoms. The van der Waals surface area contributed by atoms with Crippen LogP contribution in [0.5, 0.6) is 5.75 Å². The molecule has 0 radical (unpaired) electrons. The fourth-order valence-corrected chi connectivity index (χ4v) is 3.71. The van der Waals surface area contributed by atoms with Gasteiger partial charge in [-0.05, 0) is 65.9 Å². The van der Waals surface area contributed by atoms with E-state index >= 15 is 0 Å². The van der Waals surface area contributed by atoms with Crippen LogP contribution < -0.4 is 9.64 Å². The van der Waals surface area contributed by atoms with Crippen molar-refractivity contribution in [2.75, 3.05) is 4.90 Å². The zero-order valence-electron chi connectivity index (χ0n) is 17.9. The number of amides is 1. The number of carbonyl (C=O) groups is 2. The number of ether oxygens (including phenoxy) is 1. The lowest BCUT2D eigenvalue weighted by Crippen LogP contribution is -2.34. The van der Waals surface area contributed by atoms with Crippen LogP contribution in [0.1, 0.15) is 46.8 Å². The maximum Gasteiger partial charge on any atom is 0.420 e. The lowest BCUT2D eigenvalue weighted by atomic mass is 10.0. The highest BCUT2D eigenvalue weighted by molar-refractivity contribution is 9.10. The minimum Gasteiger partial charge on any atom is -0.478 e. The van der Waals surface area contributed by atoms with Crippen molar-refractivity contribution in [3.8, 4) is 5.75 Å². The van der Waals surface area contributed by atoms with Crippen molar-refractivity contribution in [2.45, 2.75) is 33.2 Å². The fraction of sp³-hybridized carbons (Fsp3) is 0.200. The summed E-state index contributed by atoms with van der Waals surface area (Å²) in [5.41, 5.74) is 2.66. The summed E-state index contributed by atoms with van der Waals surface area (Å²) < 4.78 is 6.72. The summed E-state index contributed by atoms with van der Waals surface area (Å²) in [5, 5.41) is 10.3. The third-order valence-corrected chi connectivity index (χ3v) is 5.95. The molecule has 0 spiro atoms. The number of para-hydroxylation sites is 1. The Bertz CT molecular complexity index is 1150. The minimum absolute atomic E-state index is 0.0120. The van der Waals surface area contributed by atoms with Gasteiger partial charge in [0.15, 0.2) is 0 Å². The standard InChI is InChI=1S/C25H23BrClNO4/c1-15(2)20-13-21(27)16(3)12-23(20)32-25(31)28(14-17-8-10-18(26)11-9-17)22-7-5-4-6-19(22)24(29)30/h4-13,15H,14H2,1-3H3,(H,29,30). The van der Waals surface area contributed by atoms with Gasteiger partial charge in [-0.3, -0.25) is 4.90 Å². The Morgan fingerprint density at radius 3 is 2.38 bits per heavy atom. The van der Waals surface area contributed by atoms with Crippen LogP contribution in [-0.4, -0.2) is 17.2 Å². The predicted octanol–water partition coefficient (Wildman–Crippen LogP) is 7.44. The highest BCUT2D eigenvalue weighted by atomic mass is 79.9. The molecule has 0 aliphatic carbocycles. The van der Waals surface area contributed by atoms with Crippen molar-refractivity contribution in [2.24, 2.45) is 0 Å². The highest BCUT2D eigenvalue weighted by Crippen LogP contribution is 2.33. The molecule has 0 unspecified atom stereocenters. The number of carboxylic acids is 1. The van der Waals surface area contributed by atoms with Crippen LogP contribution in [-0.2, 0) is 6.54 Å². The molecule has 0 saturated heterocycles. The molecule has 0 aliphatic rings. The summed E-state index contributed by atoms with van der Waals surface area (Å²) in [6, 6.07) is 17.4. The number of hydrogen-bond donors (Lipinski definition) is 1. The number of benzene rings is 3. The van der Waals surface area contributed by atoms with E-state index in [0.29, 0.717) is 10.8 Å². The molecule has 0 atom stereocenters. The molecule has 0 saturated carbocycles. The largest absolute Gasteiger partial charge is 0.478 e. The monoisotopic (exact) mass is 515 g/mol. The first-order chi connectivity index (χ1) is 15.2. The topological polar surface area (TPSA) is 66.8 Å².